The molecule has 0 spiro atoms. The van der Waals surface area contributed by atoms with Crippen LogP contribution in [0, 0.1) is 10.1 Å². The fraction of sp³-hybridized carbons (Fsp3) is 0.353. The van der Waals surface area contributed by atoms with Crippen LogP contribution in [0.15, 0.2) is 47.4 Å². The molecule has 2 rings (SSSR count). The van der Waals surface area contributed by atoms with Gasteiger partial charge in [0.15, 0.2) is 0 Å². The first-order chi connectivity index (χ1) is 11.9. The van der Waals surface area contributed by atoms with Gasteiger partial charge >= 0.3 is 11.7 Å². The predicted molar refractivity (Wildman–Crippen MR) is 88.9 cm³/mol. The molecule has 0 saturated heterocycles. The molecule has 1 atom stereocenters. The highest BCUT2D eigenvalue weighted by atomic mass is 16.7. The Balaban J connectivity index is 2.57. The number of hydrogen-bond acceptors (Lipinski definition) is 6. The van der Waals surface area contributed by atoms with Crippen LogP contribution in [-0.4, -0.2) is 39.5 Å². The Morgan fingerprint density at radius 1 is 1.52 bits per heavy atom. The van der Waals surface area contributed by atoms with Crippen molar-refractivity contribution in [3.63, 3.8) is 0 Å². The minimum Gasteiger partial charge on any atom is -0.384 e. The third kappa shape index (κ3) is 3.42. The Morgan fingerprint density at radius 2 is 2.24 bits per heavy atom. The first-order valence-corrected chi connectivity index (χ1v) is 7.74. The summed E-state index contributed by atoms with van der Waals surface area (Å²) >= 11 is 0. The summed E-state index contributed by atoms with van der Waals surface area (Å²) < 4.78 is 5.35. The van der Waals surface area contributed by atoms with Crippen molar-refractivity contribution in [1.29, 1.82) is 0 Å². The number of carbonyl (C=O) groups is 2. The lowest BCUT2D eigenvalue weighted by Crippen LogP contribution is -2.50. The average Bonchev–Trinajstić information content (AvgIpc) is 2.58. The second-order valence-electron chi connectivity index (χ2n) is 5.77. The zero-order valence-electron chi connectivity index (χ0n) is 14.3. The van der Waals surface area contributed by atoms with Crippen LogP contribution in [0.25, 0.3) is 0 Å². The number of aromatic nitrogens is 1. The molecule has 0 bridgehead atoms. The first kappa shape index (κ1) is 18.3. The molecule has 1 amide bonds. The van der Waals surface area contributed by atoms with Crippen molar-refractivity contribution in [3.05, 3.63) is 63.1 Å². The smallest absolute Gasteiger partial charge is 0.384 e. The molecule has 0 N–H and O–H groups in total. The number of pyridine rings is 1. The van der Waals surface area contributed by atoms with Crippen molar-refractivity contribution in [1.82, 2.24) is 9.88 Å². The van der Waals surface area contributed by atoms with Gasteiger partial charge in [-0.15, -0.1) is 0 Å². The minimum absolute atomic E-state index is 0.0674. The van der Waals surface area contributed by atoms with E-state index in [1.54, 1.807) is 20.8 Å². The topological polar surface area (TPSA) is 103 Å². The van der Waals surface area contributed by atoms with Gasteiger partial charge in [0.2, 0.25) is 6.41 Å². The lowest BCUT2D eigenvalue weighted by molar-refractivity contribution is -0.594. The predicted octanol–water partition coefficient (Wildman–Crippen LogP) is 2.31. The Labute approximate surface area is 144 Å². The zero-order chi connectivity index (χ0) is 18.6. The lowest BCUT2D eigenvalue weighted by atomic mass is 9.90. The summed E-state index contributed by atoms with van der Waals surface area (Å²) in [6.07, 6.45) is 4.99. The number of nitrogens with zero attached hydrogens (tertiary/aromatic N) is 3. The Hall–Kier alpha value is -3.03. The molecule has 1 aliphatic rings. The second-order valence-corrected chi connectivity index (χ2v) is 5.77. The summed E-state index contributed by atoms with van der Waals surface area (Å²) in [6, 6.07) is 2.99. The van der Waals surface area contributed by atoms with Crippen LogP contribution in [-0.2, 0) is 9.53 Å². The third-order valence-corrected chi connectivity index (χ3v) is 3.90. The van der Waals surface area contributed by atoms with Crippen molar-refractivity contribution in [3.8, 4) is 0 Å². The van der Waals surface area contributed by atoms with Gasteiger partial charge in [0, 0.05) is 25.0 Å². The van der Waals surface area contributed by atoms with Gasteiger partial charge in [-0.25, -0.2) is 4.79 Å². The van der Waals surface area contributed by atoms with E-state index in [2.05, 4.69) is 4.98 Å². The molecule has 132 valence electrons. The number of hydrogen-bond donors (Lipinski definition) is 0. The molecule has 25 heavy (non-hydrogen) atoms. The third-order valence-electron chi connectivity index (χ3n) is 3.90. The molecule has 0 aliphatic heterocycles. The molecule has 8 heteroatoms. The number of likely N-dealkylation sites (N-methyl/N-ethyl adjacent to an activating group) is 1. The highest BCUT2D eigenvalue weighted by Crippen LogP contribution is 2.37. The second kappa shape index (κ2) is 7.25. The molecule has 1 unspecified atom stereocenters. The molecule has 0 fully saturated rings. The Bertz CT molecular complexity index is 757. The fourth-order valence-corrected chi connectivity index (χ4v) is 2.94. The fourth-order valence-electron chi connectivity index (χ4n) is 2.94. The number of allylic oxidation sites excluding steroid dienone is 2. The van der Waals surface area contributed by atoms with Crippen LogP contribution < -0.4 is 0 Å². The molecule has 1 aromatic rings. The minimum atomic E-state index is -2.25. The van der Waals surface area contributed by atoms with E-state index in [0.29, 0.717) is 24.0 Å². The number of amides is 1. The van der Waals surface area contributed by atoms with Crippen molar-refractivity contribution in [2.75, 3.05) is 6.54 Å². The van der Waals surface area contributed by atoms with Gasteiger partial charge in [-0.05, 0) is 44.9 Å². The van der Waals surface area contributed by atoms with Crippen LogP contribution in [0.3, 0.4) is 0 Å². The normalized spacial score (nSPS) is 19.9. The van der Waals surface area contributed by atoms with E-state index in [-0.39, 0.29) is 17.8 Å². The first-order valence-electron chi connectivity index (χ1n) is 7.74. The number of carbonyl (C=O) groups excluding carboxylic acids is 2. The summed E-state index contributed by atoms with van der Waals surface area (Å²) in [4.78, 5) is 40.2. The standard InChI is InChI=1S/C17H19N3O5/c1-4-19(11-21)15-13(3)8-12(2)9-17(15,20(23)24)25-16(22)14-6-5-7-18-10-14/h5-7,9-11H,4,8H2,1-3H3. The van der Waals surface area contributed by atoms with Crippen LogP contribution in [0.1, 0.15) is 37.6 Å². The summed E-state index contributed by atoms with van der Waals surface area (Å²) in [5, 5.41) is 12.0. The maximum atomic E-state index is 12.5. The van der Waals surface area contributed by atoms with Gasteiger partial charge in [0.25, 0.3) is 0 Å². The largest absolute Gasteiger partial charge is 0.427 e. The quantitative estimate of drug-likeness (QED) is 0.196. The van der Waals surface area contributed by atoms with E-state index in [1.807, 2.05) is 0 Å². The van der Waals surface area contributed by atoms with E-state index < -0.39 is 16.6 Å². The molecule has 0 aromatic carbocycles. The van der Waals surface area contributed by atoms with Gasteiger partial charge in [0.05, 0.1) is 10.5 Å². The van der Waals surface area contributed by atoms with Crippen molar-refractivity contribution in [2.45, 2.75) is 32.9 Å². The van der Waals surface area contributed by atoms with Crippen LogP contribution in [0.5, 0.6) is 0 Å². The van der Waals surface area contributed by atoms with E-state index in [0.717, 1.165) is 0 Å². The Morgan fingerprint density at radius 3 is 2.76 bits per heavy atom. The molecular weight excluding hydrogens is 326 g/mol. The maximum absolute atomic E-state index is 12.5. The number of ether oxygens (including phenoxy) is 1. The summed E-state index contributed by atoms with van der Waals surface area (Å²) in [7, 11) is 0. The molecule has 8 nitrogen and oxygen atoms in total. The number of rotatable bonds is 6. The maximum Gasteiger partial charge on any atom is 0.427 e. The number of esters is 1. The van der Waals surface area contributed by atoms with E-state index in [9.17, 15) is 19.7 Å². The molecule has 1 aromatic heterocycles. The molecule has 1 heterocycles. The SMILES string of the molecule is CCN(C=O)C1=C(C)CC(C)=CC1(OC(=O)c1cccnc1)[N+](=O)[O-]. The van der Waals surface area contributed by atoms with Crippen LogP contribution in [0.4, 0.5) is 0 Å². The summed E-state index contributed by atoms with van der Waals surface area (Å²) in [5.41, 5.74) is -0.816. The van der Waals surface area contributed by atoms with E-state index in [1.165, 1.54) is 35.5 Å². The van der Waals surface area contributed by atoms with Gasteiger partial charge in [-0.3, -0.25) is 19.9 Å². The monoisotopic (exact) mass is 345 g/mol. The zero-order valence-corrected chi connectivity index (χ0v) is 14.3. The summed E-state index contributed by atoms with van der Waals surface area (Å²) in [5.74, 6) is -0.886. The number of nitro groups is 1. The highest BCUT2D eigenvalue weighted by molar-refractivity contribution is 5.89. The average molecular weight is 345 g/mol. The molecule has 0 saturated carbocycles. The van der Waals surface area contributed by atoms with E-state index >= 15 is 0 Å². The summed E-state index contributed by atoms with van der Waals surface area (Å²) in [6.45, 7) is 5.30. The van der Waals surface area contributed by atoms with E-state index in [4.69, 9.17) is 4.74 Å². The molecule has 0 radical (unpaired) electrons. The molecule has 1 aliphatic carbocycles. The van der Waals surface area contributed by atoms with Crippen molar-refractivity contribution >= 4 is 12.4 Å². The van der Waals surface area contributed by atoms with Gasteiger partial charge in [-0.2, -0.15) is 0 Å². The van der Waals surface area contributed by atoms with Gasteiger partial charge in [-0.1, -0.05) is 5.57 Å². The molecular formula is C17H19N3O5. The van der Waals surface area contributed by atoms with Crippen molar-refractivity contribution < 1.29 is 19.2 Å². The highest BCUT2D eigenvalue weighted by Gasteiger charge is 2.54. The van der Waals surface area contributed by atoms with Crippen LogP contribution >= 0.6 is 0 Å². The van der Waals surface area contributed by atoms with Gasteiger partial charge < -0.3 is 9.64 Å². The Kier molecular flexibility index (Phi) is 5.31. The van der Waals surface area contributed by atoms with Crippen LogP contribution in [0.2, 0.25) is 0 Å². The van der Waals surface area contributed by atoms with Crippen molar-refractivity contribution in [2.24, 2.45) is 0 Å². The van der Waals surface area contributed by atoms with Gasteiger partial charge in [0.1, 0.15) is 5.70 Å². The lowest BCUT2D eigenvalue weighted by Gasteiger charge is -2.34.